The molecule has 0 aliphatic carbocycles. The molecule has 0 bridgehead atoms. The summed E-state index contributed by atoms with van der Waals surface area (Å²) in [7, 11) is 0. The van der Waals surface area contributed by atoms with Crippen molar-refractivity contribution in [1.82, 2.24) is 15.1 Å². The van der Waals surface area contributed by atoms with Crippen LogP contribution in [0, 0.1) is 5.82 Å². The number of benzene rings is 2. The topological polar surface area (TPSA) is 31.9 Å². The van der Waals surface area contributed by atoms with E-state index in [1.807, 2.05) is 12.3 Å². The average molecular weight is 363 g/mol. The van der Waals surface area contributed by atoms with Gasteiger partial charge in [0.15, 0.2) is 0 Å². The molecule has 140 valence electrons. The first kappa shape index (κ1) is 17.9. The molecular weight excluding hydrogens is 337 g/mol. The summed E-state index contributed by atoms with van der Waals surface area (Å²) in [6.07, 6.45) is 4.14. The van der Waals surface area contributed by atoms with E-state index in [9.17, 15) is 4.39 Å². The minimum Gasteiger partial charge on any atom is -0.302 e. The Morgan fingerprint density at radius 1 is 1.19 bits per heavy atom. The van der Waals surface area contributed by atoms with Crippen LogP contribution < -0.4 is 0 Å². The lowest BCUT2D eigenvalue weighted by atomic mass is 9.89. The Hall–Kier alpha value is -2.46. The highest BCUT2D eigenvalue weighted by atomic mass is 19.1. The van der Waals surface area contributed by atoms with Crippen LogP contribution in [0.15, 0.2) is 60.8 Å². The molecule has 27 heavy (non-hydrogen) atoms. The zero-order valence-electron chi connectivity index (χ0n) is 15.7. The number of aromatic amines is 1. The van der Waals surface area contributed by atoms with Gasteiger partial charge in [0.25, 0.3) is 0 Å². The monoisotopic (exact) mass is 363 g/mol. The molecular formula is C23H26FN3. The van der Waals surface area contributed by atoms with Crippen molar-refractivity contribution < 1.29 is 4.39 Å². The second-order valence-corrected chi connectivity index (χ2v) is 7.62. The number of hydrogen-bond acceptors (Lipinski definition) is 2. The first-order chi connectivity index (χ1) is 13.2. The molecule has 4 rings (SSSR count). The van der Waals surface area contributed by atoms with E-state index in [-0.39, 0.29) is 5.82 Å². The fourth-order valence-corrected chi connectivity index (χ4v) is 4.22. The van der Waals surface area contributed by atoms with Gasteiger partial charge in [-0.2, -0.15) is 5.10 Å². The molecule has 0 amide bonds. The van der Waals surface area contributed by atoms with Gasteiger partial charge in [-0.25, -0.2) is 4.39 Å². The maximum absolute atomic E-state index is 13.7. The molecule has 2 atom stereocenters. The molecule has 0 saturated carbocycles. The summed E-state index contributed by atoms with van der Waals surface area (Å²) in [6, 6.07) is 17.5. The highest BCUT2D eigenvalue weighted by Gasteiger charge is 2.26. The lowest BCUT2D eigenvalue weighted by Gasteiger charge is -2.34. The van der Waals surface area contributed by atoms with Crippen LogP contribution in [0.2, 0.25) is 0 Å². The molecule has 1 aliphatic rings. The minimum atomic E-state index is -0.207. The van der Waals surface area contributed by atoms with Crippen LogP contribution in [-0.2, 0) is 0 Å². The van der Waals surface area contributed by atoms with Gasteiger partial charge in [-0.3, -0.25) is 5.10 Å². The van der Waals surface area contributed by atoms with Crippen molar-refractivity contribution in [2.24, 2.45) is 0 Å². The highest BCUT2D eigenvalue weighted by Crippen LogP contribution is 2.33. The number of nitrogens with one attached hydrogen (secondary N) is 1. The van der Waals surface area contributed by atoms with Crippen LogP contribution >= 0.6 is 0 Å². The molecule has 0 radical (unpaired) electrons. The molecule has 1 aliphatic heterocycles. The van der Waals surface area contributed by atoms with Crippen LogP contribution in [0.25, 0.3) is 11.1 Å². The van der Waals surface area contributed by atoms with Crippen LogP contribution in [0.3, 0.4) is 0 Å². The van der Waals surface area contributed by atoms with E-state index in [0.717, 1.165) is 42.9 Å². The van der Waals surface area contributed by atoms with Crippen molar-refractivity contribution in [2.45, 2.75) is 31.6 Å². The number of halogens is 1. The summed E-state index contributed by atoms with van der Waals surface area (Å²) in [5.74, 6) is 0.707. The standard InChI is InChI=1S/C23H26FN3/c1-17(18-7-3-2-4-8-18)15-27-12-6-10-20(16-27)23-22(14-25-26-23)19-9-5-11-21(24)13-19/h2-5,7-9,11,13-14,17,20H,6,10,12,15-16H2,1H3,(H,25,26)/t17-,20+/m1/s1. The number of likely N-dealkylation sites (tertiary alicyclic amines) is 1. The van der Waals surface area contributed by atoms with Crippen molar-refractivity contribution >= 4 is 0 Å². The fraction of sp³-hybridized carbons (Fsp3) is 0.348. The van der Waals surface area contributed by atoms with Gasteiger partial charge in [0.1, 0.15) is 5.82 Å². The smallest absolute Gasteiger partial charge is 0.123 e. The predicted octanol–water partition coefficient (Wildman–Crippen LogP) is 5.20. The van der Waals surface area contributed by atoms with Crippen molar-refractivity contribution in [2.75, 3.05) is 19.6 Å². The second kappa shape index (κ2) is 8.05. The largest absolute Gasteiger partial charge is 0.302 e. The Balaban J connectivity index is 1.49. The number of nitrogens with zero attached hydrogens (tertiary/aromatic N) is 2. The lowest BCUT2D eigenvalue weighted by Crippen LogP contribution is -2.37. The van der Waals surface area contributed by atoms with Crippen molar-refractivity contribution in [3.05, 3.63) is 77.9 Å². The Kier molecular flexibility index (Phi) is 5.35. The molecule has 2 heterocycles. The average Bonchev–Trinajstić information content (AvgIpc) is 3.19. The molecule has 1 fully saturated rings. The number of hydrogen-bond donors (Lipinski definition) is 1. The van der Waals surface area contributed by atoms with Crippen LogP contribution in [-0.4, -0.2) is 34.7 Å². The SMILES string of the molecule is C[C@H](CN1CCC[C@H](c2[nH]ncc2-c2cccc(F)c2)C1)c1ccccc1. The van der Waals surface area contributed by atoms with Crippen molar-refractivity contribution in [3.8, 4) is 11.1 Å². The fourth-order valence-electron chi connectivity index (χ4n) is 4.22. The molecule has 4 heteroatoms. The van der Waals surface area contributed by atoms with Gasteiger partial charge in [-0.1, -0.05) is 49.4 Å². The van der Waals surface area contributed by atoms with Crippen LogP contribution in [0.5, 0.6) is 0 Å². The van der Waals surface area contributed by atoms with Gasteiger partial charge in [0, 0.05) is 30.3 Å². The molecule has 0 unspecified atom stereocenters. The van der Waals surface area contributed by atoms with Gasteiger partial charge in [0.2, 0.25) is 0 Å². The Bertz CT molecular complexity index is 874. The summed E-state index contributed by atoms with van der Waals surface area (Å²) >= 11 is 0. The van der Waals surface area contributed by atoms with E-state index in [1.165, 1.54) is 18.1 Å². The van der Waals surface area contributed by atoms with E-state index >= 15 is 0 Å². The van der Waals surface area contributed by atoms with E-state index < -0.39 is 0 Å². The quantitative estimate of drug-likeness (QED) is 0.676. The lowest BCUT2D eigenvalue weighted by molar-refractivity contribution is 0.197. The molecule has 1 saturated heterocycles. The maximum Gasteiger partial charge on any atom is 0.123 e. The molecule has 0 spiro atoms. The summed E-state index contributed by atoms with van der Waals surface area (Å²) in [6.45, 7) is 5.51. The third kappa shape index (κ3) is 4.11. The Morgan fingerprint density at radius 2 is 2.04 bits per heavy atom. The van der Waals surface area contributed by atoms with E-state index in [2.05, 4.69) is 52.4 Å². The first-order valence-electron chi connectivity index (χ1n) is 9.77. The predicted molar refractivity (Wildman–Crippen MR) is 107 cm³/mol. The number of rotatable bonds is 5. The molecule has 3 nitrogen and oxygen atoms in total. The zero-order valence-corrected chi connectivity index (χ0v) is 15.7. The van der Waals surface area contributed by atoms with Gasteiger partial charge >= 0.3 is 0 Å². The van der Waals surface area contributed by atoms with Crippen molar-refractivity contribution in [3.63, 3.8) is 0 Å². The Labute approximate surface area is 160 Å². The van der Waals surface area contributed by atoms with Gasteiger partial charge < -0.3 is 4.90 Å². The number of aromatic nitrogens is 2. The summed E-state index contributed by atoms with van der Waals surface area (Å²) in [5, 5.41) is 7.47. The second-order valence-electron chi connectivity index (χ2n) is 7.62. The van der Waals surface area contributed by atoms with Crippen LogP contribution in [0.4, 0.5) is 4.39 Å². The van der Waals surface area contributed by atoms with Gasteiger partial charge in [0.05, 0.1) is 6.20 Å². The highest BCUT2D eigenvalue weighted by molar-refractivity contribution is 5.65. The molecule has 2 aromatic carbocycles. The third-order valence-corrected chi connectivity index (χ3v) is 5.62. The number of piperidine rings is 1. The van der Waals surface area contributed by atoms with Crippen molar-refractivity contribution in [1.29, 1.82) is 0 Å². The normalized spacial score (nSPS) is 19.1. The molecule has 1 aromatic heterocycles. The van der Waals surface area contributed by atoms with Gasteiger partial charge in [-0.15, -0.1) is 0 Å². The third-order valence-electron chi connectivity index (χ3n) is 5.62. The molecule has 1 N–H and O–H groups in total. The number of H-pyrrole nitrogens is 1. The van der Waals surface area contributed by atoms with Gasteiger partial charge in [-0.05, 0) is 48.6 Å². The summed E-state index contributed by atoms with van der Waals surface area (Å²) < 4.78 is 13.7. The summed E-state index contributed by atoms with van der Waals surface area (Å²) in [4.78, 5) is 2.56. The maximum atomic E-state index is 13.7. The van der Waals surface area contributed by atoms with E-state index in [0.29, 0.717) is 11.8 Å². The Morgan fingerprint density at radius 3 is 2.85 bits per heavy atom. The first-order valence-corrected chi connectivity index (χ1v) is 9.77. The van der Waals surface area contributed by atoms with E-state index in [4.69, 9.17) is 0 Å². The van der Waals surface area contributed by atoms with Crippen LogP contribution in [0.1, 0.15) is 42.9 Å². The molecule has 3 aromatic rings. The minimum absolute atomic E-state index is 0.207. The van der Waals surface area contributed by atoms with E-state index in [1.54, 1.807) is 12.1 Å². The zero-order chi connectivity index (χ0) is 18.6. The summed E-state index contributed by atoms with van der Waals surface area (Å²) in [5.41, 5.74) is 4.45.